The first-order chi connectivity index (χ1) is 10.9. The molecule has 2 N–H and O–H groups in total. The third kappa shape index (κ3) is 4.69. The Balaban J connectivity index is 2.00. The van der Waals surface area contributed by atoms with Crippen molar-refractivity contribution in [2.24, 2.45) is 0 Å². The molecular formula is C15H22N2O4S2. The average molecular weight is 358 g/mol. The van der Waals surface area contributed by atoms with Crippen molar-refractivity contribution < 1.29 is 18.3 Å². The lowest BCUT2D eigenvalue weighted by molar-refractivity contribution is -0.115. The van der Waals surface area contributed by atoms with Crippen molar-refractivity contribution in [3.05, 3.63) is 24.3 Å². The van der Waals surface area contributed by atoms with Gasteiger partial charge in [-0.3, -0.25) is 4.79 Å². The van der Waals surface area contributed by atoms with Gasteiger partial charge in [-0.2, -0.15) is 4.31 Å². The van der Waals surface area contributed by atoms with Gasteiger partial charge in [0.25, 0.3) is 0 Å². The molecule has 1 amide bonds. The summed E-state index contributed by atoms with van der Waals surface area (Å²) in [4.78, 5) is 12.2. The van der Waals surface area contributed by atoms with Crippen molar-refractivity contribution in [3.63, 3.8) is 0 Å². The molecule has 0 bridgehead atoms. The summed E-state index contributed by atoms with van der Waals surface area (Å²) < 4.78 is 26.3. The SMILES string of the molecule is C[C@H](SCCO)C(=O)Nc1ccc(S(=O)(=O)N2CCCC2)cc1. The van der Waals surface area contributed by atoms with Gasteiger partial charge in [-0.05, 0) is 44.0 Å². The molecule has 128 valence electrons. The van der Waals surface area contributed by atoms with E-state index in [1.807, 2.05) is 0 Å². The molecule has 0 aromatic heterocycles. The summed E-state index contributed by atoms with van der Waals surface area (Å²) in [5.41, 5.74) is 0.562. The molecule has 6 nitrogen and oxygen atoms in total. The Labute approximate surface area is 141 Å². The molecule has 8 heteroatoms. The van der Waals surface area contributed by atoms with Crippen molar-refractivity contribution in [1.29, 1.82) is 0 Å². The molecule has 1 aromatic rings. The Kier molecular flexibility index (Phi) is 6.46. The summed E-state index contributed by atoms with van der Waals surface area (Å²) in [6, 6.07) is 6.25. The molecule has 0 unspecified atom stereocenters. The molecule has 23 heavy (non-hydrogen) atoms. The monoisotopic (exact) mass is 358 g/mol. The fourth-order valence-corrected chi connectivity index (χ4v) is 4.52. The number of aliphatic hydroxyl groups is 1. The van der Waals surface area contributed by atoms with E-state index < -0.39 is 10.0 Å². The molecule has 1 aliphatic heterocycles. The number of hydrogen-bond donors (Lipinski definition) is 2. The number of sulfonamides is 1. The summed E-state index contributed by atoms with van der Waals surface area (Å²) in [7, 11) is -3.42. The standard InChI is InChI=1S/C15H22N2O4S2/c1-12(22-11-10-18)15(19)16-13-4-6-14(7-5-13)23(20,21)17-8-2-3-9-17/h4-7,12,18H,2-3,8-11H2,1H3,(H,16,19)/t12-/m0/s1. The fourth-order valence-electron chi connectivity index (χ4n) is 2.34. The van der Waals surface area contributed by atoms with E-state index in [-0.39, 0.29) is 22.7 Å². The van der Waals surface area contributed by atoms with Crippen LogP contribution < -0.4 is 5.32 Å². The molecule has 1 saturated heterocycles. The number of aliphatic hydroxyl groups excluding tert-OH is 1. The van der Waals surface area contributed by atoms with Crippen molar-refractivity contribution in [2.75, 3.05) is 30.8 Å². The summed E-state index contributed by atoms with van der Waals surface area (Å²) in [5, 5.41) is 11.2. The summed E-state index contributed by atoms with van der Waals surface area (Å²) >= 11 is 1.36. The zero-order chi connectivity index (χ0) is 16.9. The Bertz CT molecular complexity index is 625. The maximum absolute atomic E-state index is 12.4. The third-order valence-electron chi connectivity index (χ3n) is 3.65. The molecule has 0 radical (unpaired) electrons. The van der Waals surface area contributed by atoms with Crippen LogP contribution in [0.2, 0.25) is 0 Å². The quantitative estimate of drug-likeness (QED) is 0.772. The largest absolute Gasteiger partial charge is 0.396 e. The summed E-state index contributed by atoms with van der Waals surface area (Å²) in [6.45, 7) is 2.94. The number of thioether (sulfide) groups is 1. The Morgan fingerprint density at radius 3 is 2.48 bits per heavy atom. The van der Waals surface area contributed by atoms with Gasteiger partial charge in [0.1, 0.15) is 0 Å². The number of benzene rings is 1. The van der Waals surface area contributed by atoms with Crippen molar-refractivity contribution in [1.82, 2.24) is 4.31 Å². The molecule has 0 aliphatic carbocycles. The van der Waals surface area contributed by atoms with Gasteiger partial charge in [0.05, 0.1) is 16.8 Å². The highest BCUT2D eigenvalue weighted by atomic mass is 32.2. The van der Waals surface area contributed by atoms with E-state index in [0.29, 0.717) is 24.5 Å². The first kappa shape index (κ1) is 18.3. The van der Waals surface area contributed by atoms with Crippen molar-refractivity contribution in [3.8, 4) is 0 Å². The lowest BCUT2D eigenvalue weighted by Gasteiger charge is -2.16. The second-order valence-electron chi connectivity index (χ2n) is 5.36. The van der Waals surface area contributed by atoms with Crippen LogP contribution in [0.4, 0.5) is 5.69 Å². The Morgan fingerprint density at radius 2 is 1.91 bits per heavy atom. The van der Waals surface area contributed by atoms with Gasteiger partial charge >= 0.3 is 0 Å². The summed E-state index contributed by atoms with van der Waals surface area (Å²) in [6.07, 6.45) is 1.80. The molecule has 1 atom stereocenters. The Hall–Kier alpha value is -1.09. The molecule has 2 rings (SSSR count). The number of carbonyl (C=O) groups is 1. The predicted molar refractivity (Wildman–Crippen MR) is 92.1 cm³/mol. The van der Waals surface area contributed by atoms with Crippen LogP contribution in [0.3, 0.4) is 0 Å². The first-order valence-corrected chi connectivity index (χ1v) is 10.1. The van der Waals surface area contributed by atoms with Gasteiger partial charge in [-0.15, -0.1) is 11.8 Å². The van der Waals surface area contributed by atoms with E-state index in [4.69, 9.17) is 5.11 Å². The smallest absolute Gasteiger partial charge is 0.243 e. The van der Waals surface area contributed by atoms with Crippen LogP contribution in [-0.4, -0.2) is 54.4 Å². The average Bonchev–Trinajstić information content (AvgIpc) is 3.08. The number of hydrogen-bond acceptors (Lipinski definition) is 5. The number of carbonyl (C=O) groups excluding carboxylic acids is 1. The molecule has 1 heterocycles. The molecule has 1 fully saturated rings. The number of rotatable bonds is 7. The van der Waals surface area contributed by atoms with Crippen LogP contribution in [0.1, 0.15) is 19.8 Å². The van der Waals surface area contributed by atoms with Gasteiger partial charge in [-0.25, -0.2) is 8.42 Å². The predicted octanol–water partition coefficient (Wildman–Crippen LogP) is 1.52. The topological polar surface area (TPSA) is 86.7 Å². The fraction of sp³-hybridized carbons (Fsp3) is 0.533. The molecule has 1 aliphatic rings. The minimum atomic E-state index is -3.42. The molecular weight excluding hydrogens is 336 g/mol. The molecule has 1 aromatic carbocycles. The number of nitrogens with one attached hydrogen (secondary N) is 1. The van der Waals surface area contributed by atoms with Crippen LogP contribution in [0.5, 0.6) is 0 Å². The molecule has 0 spiro atoms. The Morgan fingerprint density at radius 1 is 1.30 bits per heavy atom. The maximum atomic E-state index is 12.4. The van der Waals surface area contributed by atoms with Gasteiger partial charge in [0.2, 0.25) is 15.9 Å². The van der Waals surface area contributed by atoms with E-state index in [1.54, 1.807) is 19.1 Å². The van der Waals surface area contributed by atoms with Crippen molar-refractivity contribution in [2.45, 2.75) is 29.9 Å². The lowest BCUT2D eigenvalue weighted by atomic mass is 10.3. The number of nitrogens with zero attached hydrogens (tertiary/aromatic N) is 1. The highest BCUT2D eigenvalue weighted by Crippen LogP contribution is 2.22. The van der Waals surface area contributed by atoms with Gasteiger partial charge in [0.15, 0.2) is 0 Å². The maximum Gasteiger partial charge on any atom is 0.243 e. The highest BCUT2D eigenvalue weighted by Gasteiger charge is 2.27. The normalized spacial score (nSPS) is 17.1. The first-order valence-electron chi connectivity index (χ1n) is 7.58. The third-order valence-corrected chi connectivity index (χ3v) is 6.70. The summed E-state index contributed by atoms with van der Waals surface area (Å²) in [5.74, 6) is 0.334. The highest BCUT2D eigenvalue weighted by molar-refractivity contribution is 8.00. The van der Waals surface area contributed by atoms with Crippen LogP contribution in [-0.2, 0) is 14.8 Å². The zero-order valence-electron chi connectivity index (χ0n) is 13.1. The van der Waals surface area contributed by atoms with Crippen LogP contribution in [0.25, 0.3) is 0 Å². The van der Waals surface area contributed by atoms with E-state index in [0.717, 1.165) is 12.8 Å². The van der Waals surface area contributed by atoms with Gasteiger partial charge in [-0.1, -0.05) is 0 Å². The van der Waals surface area contributed by atoms with E-state index in [2.05, 4.69) is 5.32 Å². The lowest BCUT2D eigenvalue weighted by Crippen LogP contribution is -2.28. The van der Waals surface area contributed by atoms with Crippen LogP contribution in [0.15, 0.2) is 29.2 Å². The van der Waals surface area contributed by atoms with E-state index >= 15 is 0 Å². The van der Waals surface area contributed by atoms with E-state index in [9.17, 15) is 13.2 Å². The molecule has 0 saturated carbocycles. The van der Waals surface area contributed by atoms with Gasteiger partial charge < -0.3 is 10.4 Å². The number of amides is 1. The minimum absolute atomic E-state index is 0.0331. The van der Waals surface area contributed by atoms with Crippen LogP contribution >= 0.6 is 11.8 Å². The second kappa shape index (κ2) is 8.14. The second-order valence-corrected chi connectivity index (χ2v) is 8.75. The zero-order valence-corrected chi connectivity index (χ0v) is 14.7. The number of anilines is 1. The van der Waals surface area contributed by atoms with E-state index in [1.165, 1.54) is 28.2 Å². The minimum Gasteiger partial charge on any atom is -0.396 e. The van der Waals surface area contributed by atoms with Crippen molar-refractivity contribution >= 4 is 33.4 Å². The van der Waals surface area contributed by atoms with Crippen LogP contribution in [0, 0.1) is 0 Å². The van der Waals surface area contributed by atoms with Gasteiger partial charge in [0, 0.05) is 24.5 Å².